The summed E-state index contributed by atoms with van der Waals surface area (Å²) in [6.07, 6.45) is 8.14. The van der Waals surface area contributed by atoms with Crippen LogP contribution in [0.4, 0.5) is 0 Å². The zero-order chi connectivity index (χ0) is 11.5. The molecule has 1 aromatic heterocycles. The first-order valence-electron chi connectivity index (χ1n) is 6.39. The number of hydrogen-bond acceptors (Lipinski definition) is 1. The highest BCUT2D eigenvalue weighted by Crippen LogP contribution is 2.15. The van der Waals surface area contributed by atoms with Crippen LogP contribution in [-0.2, 0) is 6.42 Å². The molecule has 0 aliphatic carbocycles. The van der Waals surface area contributed by atoms with E-state index in [4.69, 9.17) is 0 Å². The van der Waals surface area contributed by atoms with Gasteiger partial charge in [0.2, 0.25) is 0 Å². The molecule has 0 saturated carbocycles. The number of hydrogen-bond donors (Lipinski definition) is 1. The molecule has 1 aliphatic heterocycles. The minimum atomic E-state index is 1.10. The van der Waals surface area contributed by atoms with Crippen molar-refractivity contribution in [1.29, 1.82) is 0 Å². The van der Waals surface area contributed by atoms with Crippen molar-refractivity contribution < 1.29 is 0 Å². The van der Waals surface area contributed by atoms with E-state index in [1.165, 1.54) is 36.0 Å². The van der Waals surface area contributed by atoms with Gasteiger partial charge in [-0.3, -0.25) is 0 Å². The zero-order valence-electron chi connectivity index (χ0n) is 10.0. The minimum absolute atomic E-state index is 1.10. The lowest BCUT2D eigenvalue weighted by Crippen LogP contribution is -2.23. The van der Waals surface area contributed by atoms with Crippen LogP contribution in [0, 0.1) is 0 Å². The summed E-state index contributed by atoms with van der Waals surface area (Å²) in [4.78, 5) is 5.90. The first-order valence-corrected chi connectivity index (χ1v) is 6.39. The topological polar surface area (TPSA) is 19.0 Å². The van der Waals surface area contributed by atoms with E-state index in [0.29, 0.717) is 0 Å². The lowest BCUT2D eigenvalue weighted by atomic mass is 10.2. The number of nitrogens with one attached hydrogen (secondary N) is 1. The van der Waals surface area contributed by atoms with E-state index in [2.05, 4.69) is 52.5 Å². The molecule has 2 nitrogen and oxygen atoms in total. The molecule has 88 valence electrons. The largest absolute Gasteiger partial charge is 0.377 e. The summed E-state index contributed by atoms with van der Waals surface area (Å²) < 4.78 is 0. The smallest absolute Gasteiger partial charge is 0.0456 e. The van der Waals surface area contributed by atoms with E-state index in [0.717, 1.165) is 13.0 Å². The molecule has 2 aromatic rings. The van der Waals surface area contributed by atoms with E-state index in [-0.39, 0.29) is 0 Å². The summed E-state index contributed by atoms with van der Waals surface area (Å²) in [5, 5.41) is 1.32. The molecular weight excluding hydrogens is 208 g/mol. The standard InChI is InChI=1S/C15H18N2/c1-4-9-17(10-5-1)11-8-14-12-13-6-2-3-7-15(13)16-14/h2-4,6-7,9,12,16H,1,5,8,10-11H2. The Bertz CT molecular complexity index is 491. The van der Waals surface area contributed by atoms with E-state index >= 15 is 0 Å². The lowest BCUT2D eigenvalue weighted by molar-refractivity contribution is 0.358. The summed E-state index contributed by atoms with van der Waals surface area (Å²) in [5.74, 6) is 0. The van der Waals surface area contributed by atoms with Gasteiger partial charge in [-0.25, -0.2) is 0 Å². The molecule has 1 aliphatic rings. The molecule has 0 atom stereocenters. The number of rotatable bonds is 3. The van der Waals surface area contributed by atoms with Gasteiger partial charge >= 0.3 is 0 Å². The molecule has 2 heteroatoms. The molecular formula is C15H18N2. The molecule has 0 spiro atoms. The van der Waals surface area contributed by atoms with Gasteiger partial charge in [-0.05, 0) is 36.6 Å². The summed E-state index contributed by atoms with van der Waals surface area (Å²) in [5.41, 5.74) is 2.59. The van der Waals surface area contributed by atoms with Crippen LogP contribution in [-0.4, -0.2) is 23.0 Å². The van der Waals surface area contributed by atoms with Crippen molar-refractivity contribution in [2.75, 3.05) is 13.1 Å². The number of benzene rings is 1. The highest BCUT2D eigenvalue weighted by molar-refractivity contribution is 5.80. The number of para-hydroxylation sites is 1. The quantitative estimate of drug-likeness (QED) is 0.850. The van der Waals surface area contributed by atoms with E-state index < -0.39 is 0 Å². The maximum absolute atomic E-state index is 3.48. The van der Waals surface area contributed by atoms with Gasteiger partial charge < -0.3 is 9.88 Å². The molecule has 1 N–H and O–H groups in total. The molecule has 0 saturated heterocycles. The van der Waals surface area contributed by atoms with E-state index in [1.54, 1.807) is 0 Å². The predicted octanol–water partition coefficient (Wildman–Crippen LogP) is 3.32. The third-order valence-corrected chi connectivity index (χ3v) is 3.39. The van der Waals surface area contributed by atoms with Crippen LogP contribution < -0.4 is 0 Å². The lowest BCUT2D eigenvalue weighted by Gasteiger charge is -2.22. The van der Waals surface area contributed by atoms with Gasteiger partial charge in [0.15, 0.2) is 0 Å². The van der Waals surface area contributed by atoms with Crippen molar-refractivity contribution in [3.8, 4) is 0 Å². The summed E-state index contributed by atoms with van der Waals surface area (Å²) >= 11 is 0. The monoisotopic (exact) mass is 226 g/mol. The van der Waals surface area contributed by atoms with Gasteiger partial charge in [0, 0.05) is 30.7 Å². The molecule has 0 amide bonds. The summed E-state index contributed by atoms with van der Waals surface area (Å²) in [6.45, 7) is 2.32. The van der Waals surface area contributed by atoms with Gasteiger partial charge in [-0.15, -0.1) is 0 Å². The number of fused-ring (bicyclic) bond motifs is 1. The number of nitrogens with zero attached hydrogens (tertiary/aromatic N) is 1. The number of allylic oxidation sites excluding steroid dienone is 1. The van der Waals surface area contributed by atoms with Crippen LogP contribution in [0.2, 0.25) is 0 Å². The van der Waals surface area contributed by atoms with Gasteiger partial charge in [-0.2, -0.15) is 0 Å². The first-order chi connectivity index (χ1) is 8.42. The molecule has 0 fully saturated rings. The average Bonchev–Trinajstić information content (AvgIpc) is 2.80. The number of H-pyrrole nitrogens is 1. The Labute approximate surface area is 102 Å². The SMILES string of the molecule is C1=CN(CCc2cc3ccccc3[nH]2)CCC1. The second-order valence-corrected chi connectivity index (χ2v) is 4.69. The second kappa shape index (κ2) is 4.66. The maximum atomic E-state index is 3.48. The summed E-state index contributed by atoms with van der Waals surface area (Å²) in [7, 11) is 0. The van der Waals surface area contributed by atoms with Crippen LogP contribution in [0.5, 0.6) is 0 Å². The molecule has 1 aromatic carbocycles. The predicted molar refractivity (Wildman–Crippen MR) is 71.9 cm³/mol. The minimum Gasteiger partial charge on any atom is -0.377 e. The molecule has 2 heterocycles. The van der Waals surface area contributed by atoms with Crippen molar-refractivity contribution >= 4 is 10.9 Å². The molecule has 3 rings (SSSR count). The molecule has 0 unspecified atom stereocenters. The van der Waals surface area contributed by atoms with Gasteiger partial charge in [0.05, 0.1) is 0 Å². The fourth-order valence-electron chi connectivity index (χ4n) is 2.43. The van der Waals surface area contributed by atoms with Crippen molar-refractivity contribution in [3.63, 3.8) is 0 Å². The highest BCUT2D eigenvalue weighted by atomic mass is 15.1. The first kappa shape index (κ1) is 10.5. The Morgan fingerprint density at radius 2 is 2.18 bits per heavy atom. The maximum Gasteiger partial charge on any atom is 0.0456 e. The van der Waals surface area contributed by atoms with Crippen LogP contribution in [0.25, 0.3) is 10.9 Å². The Balaban J connectivity index is 1.68. The Morgan fingerprint density at radius 1 is 1.24 bits per heavy atom. The van der Waals surface area contributed by atoms with Crippen molar-refractivity contribution in [2.45, 2.75) is 19.3 Å². The van der Waals surface area contributed by atoms with E-state index in [9.17, 15) is 0 Å². The third-order valence-electron chi connectivity index (χ3n) is 3.39. The Hall–Kier alpha value is -1.70. The zero-order valence-corrected chi connectivity index (χ0v) is 10.0. The molecule has 0 bridgehead atoms. The summed E-state index contributed by atoms with van der Waals surface area (Å²) in [6, 6.07) is 10.7. The molecule has 0 radical (unpaired) electrons. The van der Waals surface area contributed by atoms with Gasteiger partial charge in [0.1, 0.15) is 0 Å². The average molecular weight is 226 g/mol. The second-order valence-electron chi connectivity index (χ2n) is 4.69. The van der Waals surface area contributed by atoms with Crippen molar-refractivity contribution in [3.05, 3.63) is 48.3 Å². The van der Waals surface area contributed by atoms with Crippen LogP contribution in [0.15, 0.2) is 42.6 Å². The van der Waals surface area contributed by atoms with Crippen LogP contribution in [0.3, 0.4) is 0 Å². The number of aromatic nitrogens is 1. The third kappa shape index (κ3) is 2.36. The number of aromatic amines is 1. The Morgan fingerprint density at radius 3 is 3.00 bits per heavy atom. The fourth-order valence-corrected chi connectivity index (χ4v) is 2.43. The van der Waals surface area contributed by atoms with Crippen molar-refractivity contribution in [2.24, 2.45) is 0 Å². The molecule has 17 heavy (non-hydrogen) atoms. The van der Waals surface area contributed by atoms with Crippen LogP contribution in [0.1, 0.15) is 18.5 Å². The van der Waals surface area contributed by atoms with Gasteiger partial charge in [-0.1, -0.05) is 24.3 Å². The highest BCUT2D eigenvalue weighted by Gasteiger charge is 2.05. The van der Waals surface area contributed by atoms with Crippen LogP contribution >= 0.6 is 0 Å². The Kier molecular flexibility index (Phi) is 2.87. The fraction of sp³-hybridized carbons (Fsp3) is 0.333. The van der Waals surface area contributed by atoms with Gasteiger partial charge in [0.25, 0.3) is 0 Å². The van der Waals surface area contributed by atoms with Crippen molar-refractivity contribution in [1.82, 2.24) is 9.88 Å². The van der Waals surface area contributed by atoms with E-state index in [1.807, 2.05) is 0 Å². The normalized spacial score (nSPS) is 15.6.